The van der Waals surface area contributed by atoms with E-state index in [-0.39, 0.29) is 5.91 Å². The van der Waals surface area contributed by atoms with Gasteiger partial charge in [-0.25, -0.2) is 0 Å². The summed E-state index contributed by atoms with van der Waals surface area (Å²) in [4.78, 5) is 25.4. The van der Waals surface area contributed by atoms with E-state index in [0.29, 0.717) is 24.6 Å². The Kier molecular flexibility index (Phi) is 5.89. The maximum atomic E-state index is 12.6. The fourth-order valence-corrected chi connectivity index (χ4v) is 3.77. The van der Waals surface area contributed by atoms with E-state index >= 15 is 0 Å². The molecule has 3 aromatic heterocycles. The highest BCUT2D eigenvalue weighted by Gasteiger charge is 2.23. The van der Waals surface area contributed by atoms with Gasteiger partial charge in [-0.1, -0.05) is 5.16 Å². The van der Waals surface area contributed by atoms with Crippen LogP contribution in [0.1, 0.15) is 29.3 Å². The van der Waals surface area contributed by atoms with Crippen molar-refractivity contribution in [1.82, 2.24) is 34.7 Å². The minimum atomic E-state index is 0.129. The second-order valence-electron chi connectivity index (χ2n) is 7.68. The lowest BCUT2D eigenvalue weighted by Crippen LogP contribution is -2.48. The highest BCUT2D eigenvalue weighted by atomic mass is 16.5. The highest BCUT2D eigenvalue weighted by molar-refractivity contribution is 5.76. The summed E-state index contributed by atoms with van der Waals surface area (Å²) in [6.45, 7) is 8.25. The normalized spacial score (nSPS) is 15.0. The van der Waals surface area contributed by atoms with Crippen LogP contribution in [-0.4, -0.2) is 66.8 Å². The number of hydrogen-bond acceptors (Lipinski definition) is 7. The standard InChI is InChI=1S/C21H27N7O2/c1-15-18(16(2)26(3)24-15)14-27-9-11-28(12-10-27)20(29)7-6-19-23-21(25-30-19)17-5-4-8-22-13-17/h4-5,8,13H,6-7,9-12,14H2,1-3H3. The van der Waals surface area contributed by atoms with Gasteiger partial charge in [-0.3, -0.25) is 19.4 Å². The number of pyridine rings is 1. The minimum absolute atomic E-state index is 0.129. The van der Waals surface area contributed by atoms with Crippen molar-refractivity contribution in [3.8, 4) is 11.4 Å². The van der Waals surface area contributed by atoms with Gasteiger partial charge in [0, 0.05) is 81.8 Å². The Morgan fingerprint density at radius 2 is 2.00 bits per heavy atom. The average molecular weight is 409 g/mol. The summed E-state index contributed by atoms with van der Waals surface area (Å²) in [6.07, 6.45) is 4.20. The van der Waals surface area contributed by atoms with Gasteiger partial charge in [-0.15, -0.1) is 0 Å². The molecule has 30 heavy (non-hydrogen) atoms. The van der Waals surface area contributed by atoms with Gasteiger partial charge >= 0.3 is 0 Å². The van der Waals surface area contributed by atoms with Crippen molar-refractivity contribution in [3.63, 3.8) is 0 Å². The van der Waals surface area contributed by atoms with E-state index in [1.807, 2.05) is 28.8 Å². The van der Waals surface area contributed by atoms with Gasteiger partial charge in [0.15, 0.2) is 0 Å². The van der Waals surface area contributed by atoms with E-state index in [1.54, 1.807) is 12.4 Å². The van der Waals surface area contributed by atoms with E-state index in [4.69, 9.17) is 4.52 Å². The number of amides is 1. The number of nitrogens with zero attached hydrogens (tertiary/aromatic N) is 7. The van der Waals surface area contributed by atoms with Crippen molar-refractivity contribution in [2.45, 2.75) is 33.2 Å². The molecule has 3 aromatic rings. The second-order valence-corrected chi connectivity index (χ2v) is 7.68. The molecule has 0 spiro atoms. The predicted octanol–water partition coefficient (Wildman–Crippen LogP) is 1.76. The number of carbonyl (C=O) groups excluding carboxylic acids is 1. The Hall–Kier alpha value is -3.07. The molecule has 0 saturated carbocycles. The molecule has 1 aliphatic rings. The molecule has 9 nitrogen and oxygen atoms in total. The Balaban J connectivity index is 1.25. The number of hydrogen-bond donors (Lipinski definition) is 0. The van der Waals surface area contributed by atoms with Crippen LogP contribution in [-0.2, 0) is 24.8 Å². The summed E-state index contributed by atoms with van der Waals surface area (Å²) >= 11 is 0. The Labute approximate surface area is 175 Å². The fraction of sp³-hybridized carbons (Fsp3) is 0.476. The SMILES string of the molecule is Cc1nn(C)c(C)c1CN1CCN(C(=O)CCc2nc(-c3cccnc3)no2)CC1. The van der Waals surface area contributed by atoms with Gasteiger partial charge < -0.3 is 9.42 Å². The van der Waals surface area contributed by atoms with Gasteiger partial charge in [0.1, 0.15) is 0 Å². The van der Waals surface area contributed by atoms with Crippen molar-refractivity contribution in [1.29, 1.82) is 0 Å². The van der Waals surface area contributed by atoms with E-state index in [1.165, 1.54) is 11.3 Å². The Morgan fingerprint density at radius 1 is 1.20 bits per heavy atom. The zero-order valence-corrected chi connectivity index (χ0v) is 17.7. The van der Waals surface area contributed by atoms with Crippen molar-refractivity contribution >= 4 is 5.91 Å². The molecule has 0 bridgehead atoms. The first-order valence-electron chi connectivity index (χ1n) is 10.2. The molecule has 0 N–H and O–H groups in total. The Morgan fingerprint density at radius 3 is 2.67 bits per heavy atom. The van der Waals surface area contributed by atoms with Crippen LogP contribution in [0.4, 0.5) is 0 Å². The summed E-state index contributed by atoms with van der Waals surface area (Å²) in [5.41, 5.74) is 4.38. The first-order chi connectivity index (χ1) is 14.5. The predicted molar refractivity (Wildman–Crippen MR) is 110 cm³/mol. The van der Waals surface area contributed by atoms with Crippen LogP contribution >= 0.6 is 0 Å². The second kappa shape index (κ2) is 8.74. The van der Waals surface area contributed by atoms with E-state index in [0.717, 1.165) is 44.0 Å². The lowest BCUT2D eigenvalue weighted by Gasteiger charge is -2.34. The lowest BCUT2D eigenvalue weighted by atomic mass is 10.1. The molecular formula is C21H27N7O2. The van der Waals surface area contributed by atoms with Crippen LogP contribution in [0, 0.1) is 13.8 Å². The molecule has 9 heteroatoms. The summed E-state index contributed by atoms with van der Waals surface area (Å²) in [6, 6.07) is 3.70. The largest absolute Gasteiger partial charge is 0.340 e. The molecule has 0 unspecified atom stereocenters. The Bertz CT molecular complexity index is 1000. The van der Waals surface area contributed by atoms with Crippen molar-refractivity contribution in [3.05, 3.63) is 47.4 Å². The third kappa shape index (κ3) is 4.40. The summed E-state index contributed by atoms with van der Waals surface area (Å²) in [5, 5.41) is 8.47. The van der Waals surface area contributed by atoms with E-state index in [2.05, 4.69) is 39.0 Å². The monoisotopic (exact) mass is 409 g/mol. The molecule has 1 amide bonds. The van der Waals surface area contributed by atoms with Crippen LogP contribution < -0.4 is 0 Å². The van der Waals surface area contributed by atoms with Crippen molar-refractivity contribution < 1.29 is 9.32 Å². The first kappa shape index (κ1) is 20.2. The van der Waals surface area contributed by atoms with E-state index < -0.39 is 0 Å². The summed E-state index contributed by atoms with van der Waals surface area (Å²) in [5.74, 6) is 1.10. The molecule has 1 saturated heterocycles. The fourth-order valence-electron chi connectivity index (χ4n) is 3.77. The summed E-state index contributed by atoms with van der Waals surface area (Å²) in [7, 11) is 1.98. The molecule has 1 fully saturated rings. The smallest absolute Gasteiger partial charge is 0.227 e. The number of aromatic nitrogens is 5. The van der Waals surface area contributed by atoms with Gasteiger partial charge in [0.2, 0.25) is 17.6 Å². The number of aryl methyl sites for hydroxylation is 3. The lowest BCUT2D eigenvalue weighted by molar-refractivity contribution is -0.133. The molecule has 0 aromatic carbocycles. The maximum absolute atomic E-state index is 12.6. The number of carbonyl (C=O) groups is 1. The molecule has 0 radical (unpaired) electrons. The minimum Gasteiger partial charge on any atom is -0.340 e. The van der Waals surface area contributed by atoms with Crippen LogP contribution in [0.15, 0.2) is 29.0 Å². The molecule has 0 aliphatic carbocycles. The topological polar surface area (TPSA) is 93.2 Å². The quantitative estimate of drug-likeness (QED) is 0.612. The zero-order valence-electron chi connectivity index (χ0n) is 17.7. The van der Waals surface area contributed by atoms with Gasteiger partial charge in [0.05, 0.1) is 5.69 Å². The van der Waals surface area contributed by atoms with Crippen LogP contribution in [0.3, 0.4) is 0 Å². The van der Waals surface area contributed by atoms with Crippen LogP contribution in [0.25, 0.3) is 11.4 Å². The van der Waals surface area contributed by atoms with Gasteiger partial charge in [0.25, 0.3) is 0 Å². The molecule has 158 valence electrons. The molecule has 1 aliphatic heterocycles. The highest BCUT2D eigenvalue weighted by Crippen LogP contribution is 2.17. The van der Waals surface area contributed by atoms with Crippen molar-refractivity contribution in [2.75, 3.05) is 26.2 Å². The van der Waals surface area contributed by atoms with Crippen molar-refractivity contribution in [2.24, 2.45) is 7.05 Å². The third-order valence-corrected chi connectivity index (χ3v) is 5.71. The van der Waals surface area contributed by atoms with Gasteiger partial charge in [-0.2, -0.15) is 10.1 Å². The zero-order chi connectivity index (χ0) is 21.1. The number of piperazine rings is 1. The molecule has 0 atom stereocenters. The third-order valence-electron chi connectivity index (χ3n) is 5.71. The maximum Gasteiger partial charge on any atom is 0.227 e. The van der Waals surface area contributed by atoms with Gasteiger partial charge in [-0.05, 0) is 26.0 Å². The average Bonchev–Trinajstić information content (AvgIpc) is 3.33. The number of rotatable bonds is 6. The van der Waals surface area contributed by atoms with Crippen LogP contribution in [0.2, 0.25) is 0 Å². The first-order valence-corrected chi connectivity index (χ1v) is 10.2. The van der Waals surface area contributed by atoms with Crippen LogP contribution in [0.5, 0.6) is 0 Å². The molecule has 4 rings (SSSR count). The molecule has 4 heterocycles. The summed E-state index contributed by atoms with van der Waals surface area (Å²) < 4.78 is 7.22. The van der Waals surface area contributed by atoms with E-state index in [9.17, 15) is 4.79 Å². The molecular weight excluding hydrogens is 382 g/mol.